The maximum atomic E-state index is 12.2. The van der Waals surface area contributed by atoms with Crippen LogP contribution in [0.15, 0.2) is 10.9 Å². The molecular weight excluding hydrogens is 209 g/mol. The van der Waals surface area contributed by atoms with Crippen molar-refractivity contribution in [1.82, 2.24) is 4.57 Å². The van der Waals surface area contributed by atoms with Gasteiger partial charge in [-0.3, -0.25) is 4.79 Å². The first kappa shape index (κ1) is 11.1. The summed E-state index contributed by atoms with van der Waals surface area (Å²) >= 11 is 0. The highest BCUT2D eigenvalue weighted by Gasteiger charge is 2.22. The van der Waals surface area contributed by atoms with Crippen LogP contribution in [0, 0.1) is 5.92 Å². The molecule has 1 aromatic rings. The molecule has 0 bridgehead atoms. The SMILES string of the molecule is [B]c1cc2c(n(CC3CCC3)c1=O)CCCC2. The maximum Gasteiger partial charge on any atom is 0.243 e. The number of aryl methyl sites for hydroxylation is 1. The summed E-state index contributed by atoms with van der Waals surface area (Å²) < 4.78 is 1.98. The van der Waals surface area contributed by atoms with E-state index in [2.05, 4.69) is 0 Å². The third kappa shape index (κ3) is 1.96. The van der Waals surface area contributed by atoms with Gasteiger partial charge in [0.15, 0.2) is 0 Å². The van der Waals surface area contributed by atoms with Crippen molar-refractivity contribution >= 4 is 13.3 Å². The number of hydrogen-bond donors (Lipinski definition) is 0. The van der Waals surface area contributed by atoms with Crippen LogP contribution in [0.4, 0.5) is 0 Å². The summed E-state index contributed by atoms with van der Waals surface area (Å²) in [6, 6.07) is 1.91. The minimum atomic E-state index is 0.0394. The van der Waals surface area contributed by atoms with E-state index in [1.807, 2.05) is 10.6 Å². The molecule has 1 aromatic heterocycles. The molecule has 0 aromatic carbocycles. The van der Waals surface area contributed by atoms with Crippen LogP contribution in [-0.4, -0.2) is 12.4 Å². The molecule has 0 unspecified atom stereocenters. The zero-order chi connectivity index (χ0) is 11.8. The number of fused-ring (bicyclic) bond motifs is 1. The highest BCUT2D eigenvalue weighted by atomic mass is 16.1. The van der Waals surface area contributed by atoms with E-state index in [1.165, 1.54) is 43.4 Å². The zero-order valence-corrected chi connectivity index (χ0v) is 10.2. The first-order chi connectivity index (χ1) is 8.25. The Labute approximate surface area is 103 Å². The van der Waals surface area contributed by atoms with E-state index < -0.39 is 0 Å². The van der Waals surface area contributed by atoms with E-state index in [-0.39, 0.29) is 5.56 Å². The fraction of sp³-hybridized carbons (Fsp3) is 0.643. The molecule has 2 aliphatic rings. The Morgan fingerprint density at radius 3 is 2.71 bits per heavy atom. The Balaban J connectivity index is 2.03. The normalized spacial score (nSPS) is 19.8. The first-order valence-electron chi connectivity index (χ1n) is 6.77. The summed E-state index contributed by atoms with van der Waals surface area (Å²) in [7, 11) is 5.85. The van der Waals surface area contributed by atoms with Crippen LogP contribution in [0.5, 0.6) is 0 Å². The number of hydrogen-bond acceptors (Lipinski definition) is 1. The van der Waals surface area contributed by atoms with Crippen LogP contribution in [0.25, 0.3) is 0 Å². The molecule has 1 fully saturated rings. The second-order valence-corrected chi connectivity index (χ2v) is 5.49. The average Bonchev–Trinajstić information content (AvgIpc) is 2.27. The van der Waals surface area contributed by atoms with Gasteiger partial charge in [0.25, 0.3) is 0 Å². The highest BCUT2D eigenvalue weighted by Crippen LogP contribution is 2.29. The van der Waals surface area contributed by atoms with Crippen LogP contribution in [-0.2, 0) is 19.4 Å². The van der Waals surface area contributed by atoms with Gasteiger partial charge >= 0.3 is 0 Å². The van der Waals surface area contributed by atoms with E-state index in [0.29, 0.717) is 11.4 Å². The van der Waals surface area contributed by atoms with Gasteiger partial charge in [-0.1, -0.05) is 12.5 Å². The number of nitrogens with zero attached hydrogens (tertiary/aromatic N) is 1. The maximum absolute atomic E-state index is 12.2. The van der Waals surface area contributed by atoms with Crippen molar-refractivity contribution in [2.75, 3.05) is 0 Å². The topological polar surface area (TPSA) is 22.0 Å². The van der Waals surface area contributed by atoms with Gasteiger partial charge < -0.3 is 4.57 Å². The van der Waals surface area contributed by atoms with Crippen molar-refractivity contribution in [3.05, 3.63) is 27.7 Å². The molecule has 2 aliphatic carbocycles. The molecule has 3 rings (SSSR count). The van der Waals surface area contributed by atoms with Gasteiger partial charge in [0, 0.05) is 12.2 Å². The van der Waals surface area contributed by atoms with Gasteiger partial charge in [-0.25, -0.2) is 0 Å². The van der Waals surface area contributed by atoms with Crippen LogP contribution < -0.4 is 11.0 Å². The summed E-state index contributed by atoms with van der Waals surface area (Å²) in [6.07, 6.45) is 8.45. The summed E-state index contributed by atoms with van der Waals surface area (Å²) in [5.41, 5.74) is 3.05. The molecule has 0 atom stereocenters. The minimum Gasteiger partial charge on any atom is -0.313 e. The predicted octanol–water partition coefficient (Wildman–Crippen LogP) is 1.32. The molecule has 0 saturated heterocycles. The molecular formula is C14H18BNO. The van der Waals surface area contributed by atoms with Crippen molar-refractivity contribution < 1.29 is 0 Å². The predicted molar refractivity (Wildman–Crippen MR) is 70.1 cm³/mol. The largest absolute Gasteiger partial charge is 0.313 e. The minimum absolute atomic E-state index is 0.0394. The molecule has 0 aliphatic heterocycles. The molecule has 3 heteroatoms. The third-order valence-corrected chi connectivity index (χ3v) is 4.29. The second kappa shape index (κ2) is 4.36. The smallest absolute Gasteiger partial charge is 0.243 e. The first-order valence-corrected chi connectivity index (χ1v) is 6.77. The standard InChI is InChI=1S/C14H18BNO/c15-12-8-11-6-1-2-7-13(11)16(14(12)17)9-10-4-3-5-10/h8,10H,1-7,9H2. The quantitative estimate of drug-likeness (QED) is 0.698. The molecule has 2 radical (unpaired) electrons. The monoisotopic (exact) mass is 227 g/mol. The second-order valence-electron chi connectivity index (χ2n) is 5.49. The summed E-state index contributed by atoms with van der Waals surface area (Å²) in [6.45, 7) is 0.895. The fourth-order valence-electron chi connectivity index (χ4n) is 3.03. The molecule has 2 nitrogen and oxygen atoms in total. The van der Waals surface area contributed by atoms with Gasteiger partial charge in [-0.15, -0.1) is 0 Å². The lowest BCUT2D eigenvalue weighted by Crippen LogP contribution is -2.40. The Morgan fingerprint density at radius 1 is 1.24 bits per heavy atom. The lowest BCUT2D eigenvalue weighted by molar-refractivity contribution is 0.270. The van der Waals surface area contributed by atoms with Crippen LogP contribution in [0.1, 0.15) is 43.4 Å². The van der Waals surface area contributed by atoms with E-state index in [0.717, 1.165) is 19.4 Å². The summed E-state index contributed by atoms with van der Waals surface area (Å²) in [5, 5.41) is 0. The molecule has 1 saturated carbocycles. The van der Waals surface area contributed by atoms with Crippen LogP contribution in [0.2, 0.25) is 0 Å². The summed E-state index contributed by atoms with van der Waals surface area (Å²) in [5.74, 6) is 0.709. The summed E-state index contributed by atoms with van der Waals surface area (Å²) in [4.78, 5) is 12.2. The van der Waals surface area contributed by atoms with Crippen LogP contribution in [0.3, 0.4) is 0 Å². The fourth-order valence-corrected chi connectivity index (χ4v) is 3.03. The molecule has 1 heterocycles. The Kier molecular flexibility index (Phi) is 2.85. The van der Waals surface area contributed by atoms with Gasteiger partial charge in [-0.2, -0.15) is 0 Å². The Morgan fingerprint density at radius 2 is 2.00 bits per heavy atom. The van der Waals surface area contributed by atoms with Gasteiger partial charge in [0.05, 0.1) is 0 Å². The third-order valence-electron chi connectivity index (χ3n) is 4.29. The van der Waals surface area contributed by atoms with Crippen molar-refractivity contribution in [3.63, 3.8) is 0 Å². The van der Waals surface area contributed by atoms with Crippen molar-refractivity contribution in [1.29, 1.82) is 0 Å². The van der Waals surface area contributed by atoms with E-state index >= 15 is 0 Å². The van der Waals surface area contributed by atoms with Crippen molar-refractivity contribution in [2.45, 2.75) is 51.5 Å². The van der Waals surface area contributed by atoms with E-state index in [4.69, 9.17) is 7.85 Å². The van der Waals surface area contributed by atoms with Crippen molar-refractivity contribution in [2.24, 2.45) is 5.92 Å². The Bertz CT molecular complexity index is 488. The number of pyridine rings is 1. The lowest BCUT2D eigenvalue weighted by atomic mass is 9.84. The van der Waals surface area contributed by atoms with Crippen LogP contribution >= 0.6 is 0 Å². The average molecular weight is 227 g/mol. The van der Waals surface area contributed by atoms with Gasteiger partial charge in [0.2, 0.25) is 5.56 Å². The van der Waals surface area contributed by atoms with Gasteiger partial charge in [0.1, 0.15) is 7.85 Å². The molecule has 0 N–H and O–H groups in total. The van der Waals surface area contributed by atoms with E-state index in [1.54, 1.807) is 0 Å². The lowest BCUT2D eigenvalue weighted by Gasteiger charge is -2.29. The molecule has 0 amide bonds. The molecule has 88 valence electrons. The van der Waals surface area contributed by atoms with Crippen molar-refractivity contribution in [3.8, 4) is 0 Å². The number of rotatable bonds is 2. The Hall–Kier alpha value is -0.985. The molecule has 17 heavy (non-hydrogen) atoms. The zero-order valence-electron chi connectivity index (χ0n) is 10.2. The van der Waals surface area contributed by atoms with E-state index in [9.17, 15) is 4.79 Å². The number of aromatic nitrogens is 1. The highest BCUT2D eigenvalue weighted by molar-refractivity contribution is 6.32. The molecule has 0 spiro atoms. The van der Waals surface area contributed by atoms with Gasteiger partial charge in [-0.05, 0) is 55.5 Å².